The van der Waals surface area contributed by atoms with E-state index in [-0.39, 0.29) is 5.78 Å². The van der Waals surface area contributed by atoms with Gasteiger partial charge in [0.2, 0.25) is 0 Å². The zero-order chi connectivity index (χ0) is 14.7. The monoisotopic (exact) mass is 267 g/mol. The Morgan fingerprint density at radius 2 is 1.80 bits per heavy atom. The topological polar surface area (TPSA) is 43.1 Å². The quantitative estimate of drug-likeness (QED) is 0.662. The molecule has 0 fully saturated rings. The van der Waals surface area contributed by atoms with E-state index in [1.807, 2.05) is 37.3 Å². The highest BCUT2D eigenvalue weighted by Crippen LogP contribution is 2.21. The van der Waals surface area contributed by atoms with Gasteiger partial charge in [0.05, 0.1) is 0 Å². The number of anilines is 1. The first-order valence-corrected chi connectivity index (χ1v) is 7.03. The van der Waals surface area contributed by atoms with Gasteiger partial charge < -0.3 is 5.73 Å². The zero-order valence-corrected chi connectivity index (χ0v) is 12.3. The standard InChI is InChI=1S/C18H21NO/c1-4-12(2)14-5-7-15(8-6-14)18(20)17-10-9-16(19)11-13(17)3/h5-12H,4,19H2,1-3H3. The Labute approximate surface area is 120 Å². The third-order valence-corrected chi connectivity index (χ3v) is 3.85. The summed E-state index contributed by atoms with van der Waals surface area (Å²) in [6.45, 7) is 6.28. The highest BCUT2D eigenvalue weighted by atomic mass is 16.1. The molecule has 2 aromatic carbocycles. The van der Waals surface area contributed by atoms with E-state index < -0.39 is 0 Å². The fraction of sp³-hybridized carbons (Fsp3) is 0.278. The number of hydrogen-bond acceptors (Lipinski definition) is 2. The third-order valence-electron chi connectivity index (χ3n) is 3.85. The third kappa shape index (κ3) is 2.90. The van der Waals surface area contributed by atoms with Crippen LogP contribution in [0.2, 0.25) is 0 Å². The summed E-state index contributed by atoms with van der Waals surface area (Å²) in [6.07, 6.45) is 1.10. The van der Waals surface area contributed by atoms with Crippen LogP contribution in [0.3, 0.4) is 0 Å². The maximum absolute atomic E-state index is 12.5. The summed E-state index contributed by atoms with van der Waals surface area (Å²) in [5, 5.41) is 0. The summed E-state index contributed by atoms with van der Waals surface area (Å²) in [5.74, 6) is 0.579. The Kier molecular flexibility index (Phi) is 4.23. The van der Waals surface area contributed by atoms with Gasteiger partial charge in [0, 0.05) is 16.8 Å². The number of aryl methyl sites for hydroxylation is 1. The molecule has 0 heterocycles. The van der Waals surface area contributed by atoms with Crippen molar-refractivity contribution in [2.75, 3.05) is 5.73 Å². The molecule has 20 heavy (non-hydrogen) atoms. The predicted octanol–water partition coefficient (Wildman–Crippen LogP) is 4.32. The second-order valence-electron chi connectivity index (χ2n) is 5.33. The van der Waals surface area contributed by atoms with Crippen LogP contribution < -0.4 is 5.73 Å². The minimum Gasteiger partial charge on any atom is -0.399 e. The number of carbonyl (C=O) groups excluding carboxylic acids is 1. The van der Waals surface area contributed by atoms with Crippen molar-refractivity contribution >= 4 is 11.5 Å². The Morgan fingerprint density at radius 1 is 1.15 bits per heavy atom. The fourth-order valence-corrected chi connectivity index (χ4v) is 2.30. The van der Waals surface area contributed by atoms with Crippen molar-refractivity contribution in [3.05, 3.63) is 64.7 Å². The van der Waals surface area contributed by atoms with E-state index in [4.69, 9.17) is 5.73 Å². The molecule has 0 amide bonds. The number of benzene rings is 2. The molecule has 104 valence electrons. The summed E-state index contributed by atoms with van der Waals surface area (Å²) in [6, 6.07) is 13.3. The van der Waals surface area contributed by atoms with Gasteiger partial charge in [0.1, 0.15) is 0 Å². The lowest BCUT2D eigenvalue weighted by Gasteiger charge is -2.10. The highest BCUT2D eigenvalue weighted by molar-refractivity contribution is 6.10. The summed E-state index contributed by atoms with van der Waals surface area (Å²) in [7, 11) is 0. The SMILES string of the molecule is CCC(C)c1ccc(C(=O)c2ccc(N)cc2C)cc1. The normalized spacial score (nSPS) is 12.2. The zero-order valence-electron chi connectivity index (χ0n) is 12.3. The molecule has 0 saturated carbocycles. The summed E-state index contributed by atoms with van der Waals surface area (Å²) >= 11 is 0. The van der Waals surface area contributed by atoms with Crippen LogP contribution in [-0.2, 0) is 0 Å². The lowest BCUT2D eigenvalue weighted by molar-refractivity contribution is 0.103. The lowest BCUT2D eigenvalue weighted by atomic mass is 9.94. The Bertz CT molecular complexity index is 614. The number of carbonyl (C=O) groups is 1. The van der Waals surface area contributed by atoms with E-state index in [2.05, 4.69) is 13.8 Å². The highest BCUT2D eigenvalue weighted by Gasteiger charge is 2.12. The number of ketones is 1. The number of nitrogen functional groups attached to an aromatic ring is 1. The molecule has 0 radical (unpaired) electrons. The van der Waals surface area contributed by atoms with E-state index in [9.17, 15) is 4.79 Å². The molecule has 2 nitrogen and oxygen atoms in total. The van der Waals surface area contributed by atoms with Gasteiger partial charge >= 0.3 is 0 Å². The van der Waals surface area contributed by atoms with Crippen molar-refractivity contribution in [3.63, 3.8) is 0 Å². The molecule has 2 aromatic rings. The molecule has 0 aliphatic rings. The maximum atomic E-state index is 12.5. The van der Waals surface area contributed by atoms with Crippen LogP contribution >= 0.6 is 0 Å². The molecule has 0 aliphatic carbocycles. The minimum absolute atomic E-state index is 0.0539. The Morgan fingerprint density at radius 3 is 2.35 bits per heavy atom. The smallest absolute Gasteiger partial charge is 0.193 e. The maximum Gasteiger partial charge on any atom is 0.193 e. The van der Waals surface area contributed by atoms with Crippen LogP contribution in [0.25, 0.3) is 0 Å². The molecule has 0 bridgehead atoms. The molecular weight excluding hydrogens is 246 g/mol. The number of hydrogen-bond donors (Lipinski definition) is 1. The first-order chi connectivity index (χ1) is 9.52. The van der Waals surface area contributed by atoms with E-state index in [0.717, 1.165) is 23.1 Å². The van der Waals surface area contributed by atoms with Gasteiger partial charge in [0.15, 0.2) is 5.78 Å². The van der Waals surface area contributed by atoms with E-state index in [1.165, 1.54) is 5.56 Å². The van der Waals surface area contributed by atoms with E-state index >= 15 is 0 Å². The largest absolute Gasteiger partial charge is 0.399 e. The number of nitrogens with two attached hydrogens (primary N) is 1. The average molecular weight is 267 g/mol. The van der Waals surface area contributed by atoms with Crippen LogP contribution in [0.4, 0.5) is 5.69 Å². The second kappa shape index (κ2) is 5.91. The summed E-state index contributed by atoms with van der Waals surface area (Å²) in [5.41, 5.74) is 10.0. The van der Waals surface area contributed by atoms with Gasteiger partial charge in [-0.2, -0.15) is 0 Å². The van der Waals surface area contributed by atoms with Crippen molar-refractivity contribution in [2.45, 2.75) is 33.1 Å². The summed E-state index contributed by atoms with van der Waals surface area (Å²) < 4.78 is 0. The molecule has 1 unspecified atom stereocenters. The van der Waals surface area contributed by atoms with Crippen molar-refractivity contribution in [1.29, 1.82) is 0 Å². The molecule has 1 atom stereocenters. The number of rotatable bonds is 4. The minimum atomic E-state index is 0.0539. The van der Waals surface area contributed by atoms with E-state index in [1.54, 1.807) is 12.1 Å². The van der Waals surface area contributed by atoms with E-state index in [0.29, 0.717) is 11.6 Å². The van der Waals surface area contributed by atoms with Gasteiger partial charge in [-0.15, -0.1) is 0 Å². The van der Waals surface area contributed by atoms with Crippen molar-refractivity contribution in [1.82, 2.24) is 0 Å². The fourth-order valence-electron chi connectivity index (χ4n) is 2.30. The van der Waals surface area contributed by atoms with Gasteiger partial charge in [-0.3, -0.25) is 4.79 Å². The molecule has 0 aromatic heterocycles. The lowest BCUT2D eigenvalue weighted by Crippen LogP contribution is -2.04. The van der Waals surface area contributed by atoms with Gasteiger partial charge in [-0.05, 0) is 48.6 Å². The van der Waals surface area contributed by atoms with Gasteiger partial charge in [0.25, 0.3) is 0 Å². The Balaban J connectivity index is 2.29. The predicted molar refractivity (Wildman–Crippen MR) is 84.2 cm³/mol. The second-order valence-corrected chi connectivity index (χ2v) is 5.33. The molecule has 2 N–H and O–H groups in total. The van der Waals surface area contributed by atoms with Gasteiger partial charge in [-0.1, -0.05) is 38.1 Å². The molecule has 2 heteroatoms. The van der Waals surface area contributed by atoms with Crippen molar-refractivity contribution in [2.24, 2.45) is 0 Å². The van der Waals surface area contributed by atoms with Crippen LogP contribution in [0, 0.1) is 6.92 Å². The Hall–Kier alpha value is -2.09. The van der Waals surface area contributed by atoms with Crippen LogP contribution in [-0.4, -0.2) is 5.78 Å². The van der Waals surface area contributed by atoms with Crippen molar-refractivity contribution < 1.29 is 4.79 Å². The van der Waals surface area contributed by atoms with Crippen LogP contribution in [0.1, 0.15) is 53.2 Å². The molecule has 0 spiro atoms. The van der Waals surface area contributed by atoms with Crippen molar-refractivity contribution in [3.8, 4) is 0 Å². The first kappa shape index (κ1) is 14.3. The summed E-state index contributed by atoms with van der Waals surface area (Å²) in [4.78, 5) is 12.5. The van der Waals surface area contributed by atoms with Crippen LogP contribution in [0.5, 0.6) is 0 Å². The molecule has 2 rings (SSSR count). The average Bonchev–Trinajstić information content (AvgIpc) is 2.46. The molecular formula is C18H21NO. The van der Waals surface area contributed by atoms with Crippen LogP contribution in [0.15, 0.2) is 42.5 Å². The van der Waals surface area contributed by atoms with Gasteiger partial charge in [-0.25, -0.2) is 0 Å². The molecule has 0 saturated heterocycles. The molecule has 0 aliphatic heterocycles. The first-order valence-electron chi connectivity index (χ1n) is 7.03.